The number of nitrogens with zero attached hydrogens (tertiary/aromatic N) is 2. The molecule has 1 aromatic heterocycles. The maximum atomic E-state index is 13.1. The lowest BCUT2D eigenvalue weighted by Crippen LogP contribution is -2.45. The molecule has 0 atom stereocenters. The predicted molar refractivity (Wildman–Crippen MR) is 118 cm³/mol. The van der Waals surface area contributed by atoms with Crippen molar-refractivity contribution in [3.05, 3.63) is 81.8 Å². The first kappa shape index (κ1) is 25.3. The lowest BCUT2D eigenvalue weighted by Gasteiger charge is -2.14. The Morgan fingerprint density at radius 1 is 1.00 bits per heavy atom. The van der Waals surface area contributed by atoms with Gasteiger partial charge in [0.05, 0.1) is 17.9 Å². The summed E-state index contributed by atoms with van der Waals surface area (Å²) in [5.74, 6) is -1.04. The lowest BCUT2D eigenvalue weighted by atomic mass is 10.2. The van der Waals surface area contributed by atoms with Crippen LogP contribution in [0.1, 0.15) is 28.7 Å². The highest BCUT2D eigenvalue weighted by Gasteiger charge is 2.30. The predicted octanol–water partition coefficient (Wildman–Crippen LogP) is 2.80. The van der Waals surface area contributed by atoms with Gasteiger partial charge in [0.25, 0.3) is 11.8 Å². The maximum absolute atomic E-state index is 13.1. The van der Waals surface area contributed by atoms with Gasteiger partial charge in [0.1, 0.15) is 0 Å². The van der Waals surface area contributed by atoms with Gasteiger partial charge in [0.2, 0.25) is 5.43 Å². The molecule has 0 unspecified atom stereocenters. The zero-order valence-electron chi connectivity index (χ0n) is 18.7. The number of alkyl halides is 3. The van der Waals surface area contributed by atoms with Crippen LogP contribution in [0.2, 0.25) is 0 Å². The summed E-state index contributed by atoms with van der Waals surface area (Å²) in [6.07, 6.45) is -4.58. The van der Waals surface area contributed by atoms with Crippen molar-refractivity contribution in [3.8, 4) is 17.2 Å². The third-order valence-corrected chi connectivity index (χ3v) is 4.56. The molecular weight excluding hydrogens is 469 g/mol. The maximum Gasteiger partial charge on any atom is 0.416 e. The molecular formula is C23H21F3N4O5. The molecule has 9 nitrogen and oxygen atoms in total. The van der Waals surface area contributed by atoms with Crippen molar-refractivity contribution in [2.45, 2.75) is 20.0 Å². The molecule has 0 radical (unpaired) electrons. The van der Waals surface area contributed by atoms with Gasteiger partial charge in [-0.05, 0) is 44.2 Å². The summed E-state index contributed by atoms with van der Waals surface area (Å²) < 4.78 is 51.0. The number of hydrogen-bond donors (Lipinski definition) is 2. The van der Waals surface area contributed by atoms with Crippen molar-refractivity contribution in [1.29, 1.82) is 0 Å². The molecule has 3 aromatic rings. The Bertz CT molecular complexity index is 1290. The second-order valence-electron chi connectivity index (χ2n) is 7.13. The third-order valence-electron chi connectivity index (χ3n) is 4.56. The fourth-order valence-electron chi connectivity index (χ4n) is 2.99. The lowest BCUT2D eigenvalue weighted by molar-refractivity contribution is -0.137. The second-order valence-corrected chi connectivity index (χ2v) is 7.13. The average molecular weight is 490 g/mol. The van der Waals surface area contributed by atoms with Gasteiger partial charge in [-0.1, -0.05) is 18.2 Å². The molecule has 0 aliphatic heterocycles. The van der Waals surface area contributed by atoms with Crippen molar-refractivity contribution in [2.75, 3.05) is 13.2 Å². The zero-order valence-corrected chi connectivity index (χ0v) is 18.7. The quantitative estimate of drug-likeness (QED) is 0.493. The molecule has 0 saturated carbocycles. The molecule has 12 heteroatoms. The number of carbonyl (C=O) groups excluding carboxylic acids is 2. The van der Waals surface area contributed by atoms with Crippen LogP contribution in [0, 0.1) is 6.92 Å². The smallest absolute Gasteiger partial charge is 0.416 e. The molecule has 0 aliphatic carbocycles. The molecule has 0 aliphatic rings. The van der Waals surface area contributed by atoms with Crippen LogP contribution < -0.4 is 25.8 Å². The third kappa shape index (κ3) is 6.37. The molecule has 0 spiro atoms. The molecule has 2 aromatic carbocycles. The van der Waals surface area contributed by atoms with Crippen molar-refractivity contribution >= 4 is 11.8 Å². The number of para-hydroxylation sites is 2. The largest absolute Gasteiger partial charge is 0.490 e. The van der Waals surface area contributed by atoms with E-state index in [9.17, 15) is 27.6 Å². The summed E-state index contributed by atoms with van der Waals surface area (Å²) in [4.78, 5) is 36.8. The highest BCUT2D eigenvalue weighted by Crippen LogP contribution is 2.30. The standard InChI is InChI=1S/C23H21F3N4O5/c1-3-34-18-9-4-5-10-19(18)35-13-20(32)27-28-22(33)21-17(31)11-14(2)30(29-21)16-8-6-7-15(12-16)23(24,25)26/h4-12H,3,13H2,1-2H3,(H,27,32)(H,28,33). The number of ether oxygens (including phenoxy) is 2. The van der Waals surface area contributed by atoms with Crippen LogP contribution in [0.4, 0.5) is 13.2 Å². The molecule has 35 heavy (non-hydrogen) atoms. The molecule has 0 bridgehead atoms. The summed E-state index contributed by atoms with van der Waals surface area (Å²) in [6, 6.07) is 12.0. The molecule has 3 rings (SSSR count). The topological polar surface area (TPSA) is 112 Å². The van der Waals surface area contributed by atoms with Crippen LogP contribution in [0.15, 0.2) is 59.4 Å². The van der Waals surface area contributed by atoms with Crippen molar-refractivity contribution in [1.82, 2.24) is 20.6 Å². The Balaban J connectivity index is 1.70. The summed E-state index contributed by atoms with van der Waals surface area (Å²) >= 11 is 0. The van der Waals surface area contributed by atoms with Crippen LogP contribution in [0.25, 0.3) is 5.69 Å². The summed E-state index contributed by atoms with van der Waals surface area (Å²) in [6.45, 7) is 3.17. The highest BCUT2D eigenvalue weighted by molar-refractivity contribution is 5.93. The van der Waals surface area contributed by atoms with Gasteiger partial charge in [0, 0.05) is 11.8 Å². The van der Waals surface area contributed by atoms with E-state index < -0.39 is 41.3 Å². The number of rotatable bonds is 7. The minimum Gasteiger partial charge on any atom is -0.490 e. The number of aromatic nitrogens is 2. The van der Waals surface area contributed by atoms with E-state index in [0.717, 1.165) is 22.9 Å². The summed E-state index contributed by atoms with van der Waals surface area (Å²) in [5.41, 5.74) is 2.01. The van der Waals surface area contributed by atoms with E-state index in [1.807, 2.05) is 5.43 Å². The minimum atomic E-state index is -4.58. The molecule has 0 saturated heterocycles. The number of hydrazine groups is 1. The Kier molecular flexibility index (Phi) is 7.74. The van der Waals surface area contributed by atoms with E-state index in [1.165, 1.54) is 19.1 Å². The van der Waals surface area contributed by atoms with Gasteiger partial charge in [-0.25, -0.2) is 4.68 Å². The van der Waals surface area contributed by atoms with Crippen molar-refractivity contribution in [3.63, 3.8) is 0 Å². The van der Waals surface area contributed by atoms with E-state index >= 15 is 0 Å². The van der Waals surface area contributed by atoms with Gasteiger partial charge in [-0.3, -0.25) is 25.2 Å². The van der Waals surface area contributed by atoms with E-state index in [0.29, 0.717) is 18.1 Å². The first-order valence-corrected chi connectivity index (χ1v) is 10.3. The van der Waals surface area contributed by atoms with Crippen LogP contribution in [-0.2, 0) is 11.0 Å². The number of aryl methyl sites for hydroxylation is 1. The van der Waals surface area contributed by atoms with Gasteiger partial charge in [-0.2, -0.15) is 18.3 Å². The Labute approximate surface area is 197 Å². The zero-order chi connectivity index (χ0) is 25.6. The van der Waals surface area contributed by atoms with Crippen LogP contribution in [-0.4, -0.2) is 34.8 Å². The average Bonchev–Trinajstić information content (AvgIpc) is 2.82. The first-order valence-electron chi connectivity index (χ1n) is 10.3. The van der Waals surface area contributed by atoms with Gasteiger partial charge >= 0.3 is 6.18 Å². The molecule has 184 valence electrons. The number of hydrogen-bond acceptors (Lipinski definition) is 6. The Morgan fingerprint density at radius 2 is 1.69 bits per heavy atom. The fraction of sp³-hybridized carbons (Fsp3) is 0.217. The number of amides is 2. The molecule has 0 fully saturated rings. The van der Waals surface area contributed by atoms with Crippen LogP contribution in [0.3, 0.4) is 0 Å². The number of halogens is 3. The second kappa shape index (κ2) is 10.7. The number of carbonyl (C=O) groups is 2. The number of benzene rings is 2. The Hall–Kier alpha value is -4.35. The van der Waals surface area contributed by atoms with Gasteiger partial charge < -0.3 is 9.47 Å². The van der Waals surface area contributed by atoms with Crippen LogP contribution >= 0.6 is 0 Å². The van der Waals surface area contributed by atoms with E-state index in [2.05, 4.69) is 10.5 Å². The number of nitrogens with one attached hydrogen (secondary N) is 2. The van der Waals surface area contributed by atoms with E-state index in [-0.39, 0.29) is 11.4 Å². The highest BCUT2D eigenvalue weighted by atomic mass is 19.4. The monoisotopic (exact) mass is 490 g/mol. The van der Waals surface area contributed by atoms with E-state index in [4.69, 9.17) is 9.47 Å². The summed E-state index contributed by atoms with van der Waals surface area (Å²) in [7, 11) is 0. The SMILES string of the molecule is CCOc1ccccc1OCC(=O)NNC(=O)c1nn(-c2cccc(C(F)(F)F)c2)c(C)cc1=O. The van der Waals surface area contributed by atoms with Crippen molar-refractivity contribution in [2.24, 2.45) is 0 Å². The minimum absolute atomic E-state index is 0.00299. The first-order chi connectivity index (χ1) is 16.6. The van der Waals surface area contributed by atoms with Gasteiger partial charge in [-0.15, -0.1) is 0 Å². The van der Waals surface area contributed by atoms with Crippen molar-refractivity contribution < 1.29 is 32.2 Å². The van der Waals surface area contributed by atoms with Gasteiger partial charge in [0.15, 0.2) is 23.8 Å². The van der Waals surface area contributed by atoms with E-state index in [1.54, 1.807) is 31.2 Å². The van der Waals surface area contributed by atoms with Crippen LogP contribution in [0.5, 0.6) is 11.5 Å². The molecule has 1 heterocycles. The fourth-order valence-corrected chi connectivity index (χ4v) is 2.99. The summed E-state index contributed by atoms with van der Waals surface area (Å²) in [5, 5.41) is 3.89. The molecule has 2 amide bonds. The molecule has 2 N–H and O–H groups in total. The normalized spacial score (nSPS) is 11.0. The Morgan fingerprint density at radius 3 is 2.34 bits per heavy atom.